The molecule has 1 aromatic carbocycles. The molecule has 0 spiro atoms. The maximum atomic E-state index is 11.3. The van der Waals surface area contributed by atoms with E-state index in [2.05, 4.69) is 9.79 Å². The number of ketones is 1. The lowest BCUT2D eigenvalue weighted by atomic mass is 10.2. The predicted octanol–water partition coefficient (Wildman–Crippen LogP) is 0.319. The molecule has 17 heavy (non-hydrogen) atoms. The van der Waals surface area contributed by atoms with E-state index in [9.17, 15) is 9.59 Å². The summed E-state index contributed by atoms with van der Waals surface area (Å²) in [5.74, 6) is -0.437. The van der Waals surface area contributed by atoms with Gasteiger partial charge in [0.1, 0.15) is 11.6 Å². The van der Waals surface area contributed by atoms with E-state index in [1.54, 1.807) is 24.3 Å². The van der Waals surface area contributed by atoms with Gasteiger partial charge in [0.25, 0.3) is 5.69 Å². The number of benzene rings is 1. The maximum absolute atomic E-state index is 11.3. The summed E-state index contributed by atoms with van der Waals surface area (Å²) in [6, 6.07) is 8.54. The highest BCUT2D eigenvalue weighted by Crippen LogP contribution is 2.06. The van der Waals surface area contributed by atoms with Crippen LogP contribution in [-0.2, 0) is 0 Å². The van der Waals surface area contributed by atoms with E-state index in [1.807, 2.05) is 6.07 Å². The Morgan fingerprint density at radius 1 is 1.47 bits per heavy atom. The lowest BCUT2D eigenvalue weighted by Gasteiger charge is -1.93. The Morgan fingerprint density at radius 3 is 2.82 bits per heavy atom. The first-order valence-electron chi connectivity index (χ1n) is 4.79. The zero-order chi connectivity index (χ0) is 12.4. The predicted molar refractivity (Wildman–Crippen MR) is 55.6 cm³/mol. The van der Waals surface area contributed by atoms with Crippen molar-refractivity contribution >= 4 is 5.78 Å². The number of carbonyl (C=O) groups is 1. The number of nitrogens with one attached hydrogen (secondary N) is 1. The Hall–Kier alpha value is -2.68. The second-order valence-electron chi connectivity index (χ2n) is 3.35. The summed E-state index contributed by atoms with van der Waals surface area (Å²) < 4.78 is 5.73. The van der Waals surface area contributed by atoms with E-state index in [0.717, 1.165) is 0 Å². The molecule has 0 radical (unpaired) electrons. The second-order valence-corrected chi connectivity index (χ2v) is 3.35. The van der Waals surface area contributed by atoms with Crippen molar-refractivity contribution in [2.75, 3.05) is 0 Å². The molecule has 0 aliphatic heterocycles. The van der Waals surface area contributed by atoms with Crippen LogP contribution in [0.25, 0.3) is 5.69 Å². The van der Waals surface area contributed by atoms with Gasteiger partial charge >= 0.3 is 11.3 Å². The number of hydrogen-bond acceptors (Lipinski definition) is 4. The molecular formula is C11H8N3O3+. The number of hydrogen-bond donors (Lipinski definition) is 1. The molecule has 6 heteroatoms. The number of nitriles is 1. The molecule has 2 rings (SSSR count). The topological polar surface area (TPSA) is 90.7 Å². The number of Topliss-reactive ketones (excluding diaryl/α,β-unsaturated/α-hetero) is 1. The summed E-state index contributed by atoms with van der Waals surface area (Å²) in [5, 5.41) is 11.2. The largest absolute Gasteiger partial charge is 0.438 e. The van der Waals surface area contributed by atoms with Gasteiger partial charge in [0.15, 0.2) is 0 Å². The van der Waals surface area contributed by atoms with Gasteiger partial charge in [0.05, 0.1) is 0 Å². The summed E-state index contributed by atoms with van der Waals surface area (Å²) in [6.07, 6.45) is 0. The molecular weight excluding hydrogens is 222 g/mol. The van der Waals surface area contributed by atoms with Crippen LogP contribution in [0.1, 0.15) is 23.0 Å². The number of H-pyrrole nitrogens is 1. The normalized spacial score (nSPS) is 9.88. The summed E-state index contributed by atoms with van der Waals surface area (Å²) >= 11 is 0. The van der Waals surface area contributed by atoms with Gasteiger partial charge < -0.3 is 0 Å². The highest BCUT2D eigenvalue weighted by molar-refractivity contribution is 5.90. The molecule has 84 valence electrons. The van der Waals surface area contributed by atoms with Gasteiger partial charge in [-0.3, -0.25) is 9.32 Å². The van der Waals surface area contributed by atoms with Crippen molar-refractivity contribution in [1.82, 2.24) is 5.27 Å². The Labute approximate surface area is 95.7 Å². The molecule has 0 amide bonds. The zero-order valence-corrected chi connectivity index (χ0v) is 8.93. The van der Waals surface area contributed by atoms with Crippen LogP contribution in [0.5, 0.6) is 0 Å². The first kappa shape index (κ1) is 10.8. The smallest absolute Gasteiger partial charge is 0.287 e. The number of nitrogens with zero attached hydrogens (tertiary/aromatic N) is 2. The first-order valence-corrected chi connectivity index (χ1v) is 4.79. The molecule has 0 saturated carbocycles. The number of aromatic nitrogens is 2. The maximum Gasteiger partial charge on any atom is 0.438 e. The summed E-state index contributed by atoms with van der Waals surface area (Å²) in [6.45, 7) is 1.26. The van der Waals surface area contributed by atoms with Crippen LogP contribution in [0, 0.1) is 11.3 Å². The number of rotatable bonds is 2. The van der Waals surface area contributed by atoms with Crippen molar-refractivity contribution in [3.05, 3.63) is 45.9 Å². The SMILES string of the molecule is CC(=O)c1c(=O)o[nH][n+]1-c1ccccc1C#N. The lowest BCUT2D eigenvalue weighted by Crippen LogP contribution is -2.41. The van der Waals surface area contributed by atoms with Crippen molar-refractivity contribution in [3.8, 4) is 11.8 Å². The number of carbonyl (C=O) groups excluding carboxylic acids is 1. The van der Waals surface area contributed by atoms with Crippen LogP contribution in [0.2, 0.25) is 0 Å². The minimum atomic E-state index is -0.759. The van der Waals surface area contributed by atoms with Crippen LogP contribution in [-0.4, -0.2) is 11.1 Å². The fourth-order valence-corrected chi connectivity index (χ4v) is 1.51. The quantitative estimate of drug-likeness (QED) is 0.594. The molecule has 2 aromatic rings. The average Bonchev–Trinajstić information content (AvgIpc) is 2.71. The molecule has 0 fully saturated rings. The minimum absolute atomic E-state index is 0.146. The summed E-state index contributed by atoms with van der Waals surface area (Å²) in [5.41, 5.74) is -0.180. The van der Waals surface area contributed by atoms with Gasteiger partial charge in [-0.1, -0.05) is 12.1 Å². The van der Waals surface area contributed by atoms with Gasteiger partial charge in [-0.05, 0) is 16.0 Å². The van der Waals surface area contributed by atoms with Crippen molar-refractivity contribution in [1.29, 1.82) is 5.26 Å². The Bertz CT molecular complexity index is 676. The molecule has 0 atom stereocenters. The molecule has 0 bridgehead atoms. The van der Waals surface area contributed by atoms with E-state index in [-0.39, 0.29) is 5.69 Å². The summed E-state index contributed by atoms with van der Waals surface area (Å²) in [4.78, 5) is 22.7. The van der Waals surface area contributed by atoms with E-state index in [0.29, 0.717) is 11.3 Å². The van der Waals surface area contributed by atoms with Crippen LogP contribution in [0.15, 0.2) is 33.6 Å². The summed E-state index contributed by atoms with van der Waals surface area (Å²) in [7, 11) is 0. The Kier molecular flexibility index (Phi) is 2.58. The molecule has 1 N–H and O–H groups in total. The van der Waals surface area contributed by atoms with Gasteiger partial charge in [0.2, 0.25) is 5.78 Å². The van der Waals surface area contributed by atoms with Gasteiger partial charge in [0, 0.05) is 13.0 Å². The standard InChI is InChI=1S/C11H7N3O3/c1-7(15)10-11(16)17-13-14(10)9-5-3-2-4-8(9)6-12/h2-5H,1H3/p+1. The average molecular weight is 230 g/mol. The van der Waals surface area contributed by atoms with E-state index in [4.69, 9.17) is 5.26 Å². The van der Waals surface area contributed by atoms with Gasteiger partial charge in [-0.15, -0.1) is 0 Å². The van der Waals surface area contributed by atoms with Crippen molar-refractivity contribution in [3.63, 3.8) is 0 Å². The van der Waals surface area contributed by atoms with E-state index >= 15 is 0 Å². The zero-order valence-electron chi connectivity index (χ0n) is 8.93. The highest BCUT2D eigenvalue weighted by atomic mass is 16.5. The second kappa shape index (κ2) is 4.06. The third-order valence-electron chi connectivity index (χ3n) is 2.25. The third kappa shape index (κ3) is 1.74. The van der Waals surface area contributed by atoms with Crippen LogP contribution in [0.4, 0.5) is 0 Å². The molecule has 0 aliphatic carbocycles. The van der Waals surface area contributed by atoms with Crippen molar-refractivity contribution in [2.45, 2.75) is 6.92 Å². The van der Waals surface area contributed by atoms with Crippen LogP contribution in [0.3, 0.4) is 0 Å². The Morgan fingerprint density at radius 2 is 2.18 bits per heavy atom. The molecule has 1 aromatic heterocycles. The Balaban J connectivity index is 2.75. The highest BCUT2D eigenvalue weighted by Gasteiger charge is 2.29. The fourth-order valence-electron chi connectivity index (χ4n) is 1.51. The third-order valence-corrected chi connectivity index (χ3v) is 2.25. The molecule has 0 unspecified atom stereocenters. The van der Waals surface area contributed by atoms with Crippen LogP contribution >= 0.6 is 0 Å². The monoisotopic (exact) mass is 230 g/mol. The molecule has 0 aliphatic rings. The van der Waals surface area contributed by atoms with E-state index < -0.39 is 11.4 Å². The lowest BCUT2D eigenvalue weighted by molar-refractivity contribution is -0.672. The number of aromatic amines is 1. The molecule has 6 nitrogen and oxygen atoms in total. The van der Waals surface area contributed by atoms with Crippen molar-refractivity contribution in [2.24, 2.45) is 0 Å². The van der Waals surface area contributed by atoms with Crippen molar-refractivity contribution < 1.29 is 14.0 Å². The van der Waals surface area contributed by atoms with Crippen LogP contribution < -0.4 is 10.3 Å². The molecule has 0 saturated heterocycles. The van der Waals surface area contributed by atoms with E-state index in [1.165, 1.54) is 11.6 Å². The molecule has 1 heterocycles. The minimum Gasteiger partial charge on any atom is -0.287 e. The van der Waals surface area contributed by atoms with Gasteiger partial charge in [-0.2, -0.15) is 5.26 Å². The fraction of sp³-hybridized carbons (Fsp3) is 0.0909. The first-order chi connectivity index (χ1) is 8.15. The number of para-hydroxylation sites is 1. The van der Waals surface area contributed by atoms with Gasteiger partial charge in [-0.25, -0.2) is 4.79 Å².